The van der Waals surface area contributed by atoms with Gasteiger partial charge in [0.15, 0.2) is 0 Å². The average Bonchev–Trinajstić information content (AvgIpc) is 3.80. The van der Waals surface area contributed by atoms with Gasteiger partial charge >= 0.3 is 0 Å². The lowest BCUT2D eigenvalue weighted by molar-refractivity contribution is -0.123. The molecule has 10 nitrogen and oxygen atoms in total. The zero-order valence-electron chi connectivity index (χ0n) is 26.0. The summed E-state index contributed by atoms with van der Waals surface area (Å²) in [6.07, 6.45) is 9.20. The van der Waals surface area contributed by atoms with Crippen molar-refractivity contribution in [1.82, 2.24) is 35.0 Å². The smallest absolute Gasteiger partial charge is 0.229 e. The molecule has 5 aromatic heterocycles. The molecule has 1 saturated heterocycles. The van der Waals surface area contributed by atoms with Crippen LogP contribution < -0.4 is 10.1 Å². The third-order valence-electron chi connectivity index (χ3n) is 8.26. The molecule has 1 amide bonds. The highest BCUT2D eigenvalue weighted by Crippen LogP contribution is 2.35. The highest BCUT2D eigenvalue weighted by Gasteiger charge is 2.22. The number of benzene rings is 1. The standard InChI is InChI=1S/C35H35FN8O2/c1-35(2,3)34(45)40-24-13-22(18-37-19-24)29-17-28-31(20-39-29)42-43-32(28)30-16-27-26(6-7-38-33(27)41-30)21-12-23(36)15-25(14-21)46-11-10-44-8-4-5-9-44/h6-7,12-20H,4-5,8-11H2,1-3H3,(H,38,41)(H,40,45)(H,42,43). The highest BCUT2D eigenvalue weighted by molar-refractivity contribution is 6.00. The molecule has 11 heteroatoms. The number of carbonyl (C=O) groups excluding carboxylic acids is 1. The molecule has 0 spiro atoms. The molecule has 1 aliphatic heterocycles. The monoisotopic (exact) mass is 618 g/mol. The number of pyridine rings is 3. The minimum absolute atomic E-state index is 0.0988. The number of nitrogens with one attached hydrogen (secondary N) is 3. The summed E-state index contributed by atoms with van der Waals surface area (Å²) in [6, 6.07) is 12.5. The fourth-order valence-electron chi connectivity index (χ4n) is 5.75. The van der Waals surface area contributed by atoms with E-state index in [2.05, 4.69) is 40.3 Å². The van der Waals surface area contributed by atoms with Gasteiger partial charge in [-0.05, 0) is 73.5 Å². The molecule has 3 N–H and O–H groups in total. The van der Waals surface area contributed by atoms with Gasteiger partial charge in [-0.25, -0.2) is 9.37 Å². The van der Waals surface area contributed by atoms with E-state index in [1.54, 1.807) is 24.8 Å². The predicted octanol–water partition coefficient (Wildman–Crippen LogP) is 6.83. The molecule has 6 aromatic rings. The Morgan fingerprint density at radius 3 is 2.67 bits per heavy atom. The van der Waals surface area contributed by atoms with Crippen LogP contribution in [-0.2, 0) is 4.79 Å². The Balaban J connectivity index is 1.19. The van der Waals surface area contributed by atoms with E-state index in [0.717, 1.165) is 52.7 Å². The van der Waals surface area contributed by atoms with Gasteiger partial charge in [0, 0.05) is 46.8 Å². The van der Waals surface area contributed by atoms with Crippen molar-refractivity contribution >= 4 is 33.5 Å². The molecule has 0 bridgehead atoms. The van der Waals surface area contributed by atoms with Crippen molar-refractivity contribution in [1.29, 1.82) is 0 Å². The van der Waals surface area contributed by atoms with E-state index in [4.69, 9.17) is 4.74 Å². The van der Waals surface area contributed by atoms with Crippen LogP contribution in [0.4, 0.5) is 10.1 Å². The van der Waals surface area contributed by atoms with E-state index in [-0.39, 0.29) is 11.7 Å². The molecule has 0 saturated carbocycles. The van der Waals surface area contributed by atoms with Crippen molar-refractivity contribution < 1.29 is 13.9 Å². The van der Waals surface area contributed by atoms with E-state index in [0.29, 0.717) is 40.6 Å². The summed E-state index contributed by atoms with van der Waals surface area (Å²) in [5.41, 5.74) is 5.90. The summed E-state index contributed by atoms with van der Waals surface area (Å²) in [7, 11) is 0. The lowest BCUT2D eigenvalue weighted by Gasteiger charge is -2.17. The molecule has 7 rings (SSSR count). The van der Waals surface area contributed by atoms with E-state index < -0.39 is 5.41 Å². The number of nitrogens with zero attached hydrogens (tertiary/aromatic N) is 5. The summed E-state index contributed by atoms with van der Waals surface area (Å²) < 4.78 is 20.8. The van der Waals surface area contributed by atoms with E-state index in [1.165, 1.54) is 25.0 Å². The molecule has 0 aliphatic carbocycles. The lowest BCUT2D eigenvalue weighted by Crippen LogP contribution is -2.27. The Kier molecular flexibility index (Phi) is 7.69. The number of aromatic amines is 2. The number of hydrogen-bond donors (Lipinski definition) is 3. The summed E-state index contributed by atoms with van der Waals surface area (Å²) >= 11 is 0. The van der Waals surface area contributed by atoms with Gasteiger partial charge in [-0.2, -0.15) is 5.10 Å². The second-order valence-corrected chi connectivity index (χ2v) is 12.7. The Morgan fingerprint density at radius 1 is 1.00 bits per heavy atom. The fourth-order valence-corrected chi connectivity index (χ4v) is 5.75. The first-order chi connectivity index (χ1) is 22.2. The van der Waals surface area contributed by atoms with Crippen LogP contribution >= 0.6 is 0 Å². The molecule has 1 aromatic carbocycles. The van der Waals surface area contributed by atoms with Crippen molar-refractivity contribution in [3.63, 3.8) is 0 Å². The zero-order valence-corrected chi connectivity index (χ0v) is 26.0. The van der Waals surface area contributed by atoms with Gasteiger partial charge in [-0.15, -0.1) is 0 Å². The maximum Gasteiger partial charge on any atom is 0.229 e. The number of fused-ring (bicyclic) bond motifs is 2. The van der Waals surface area contributed by atoms with E-state index >= 15 is 0 Å². The Bertz CT molecular complexity index is 2060. The normalized spacial score (nSPS) is 13.9. The number of carbonyl (C=O) groups is 1. The Labute approximate surface area is 265 Å². The maximum atomic E-state index is 14.8. The van der Waals surface area contributed by atoms with Crippen LogP contribution in [0, 0.1) is 11.2 Å². The van der Waals surface area contributed by atoms with Crippen LogP contribution in [0.1, 0.15) is 33.6 Å². The van der Waals surface area contributed by atoms with Crippen molar-refractivity contribution in [2.45, 2.75) is 33.6 Å². The van der Waals surface area contributed by atoms with E-state index in [1.807, 2.05) is 51.1 Å². The van der Waals surface area contributed by atoms with Gasteiger partial charge in [0.25, 0.3) is 0 Å². The highest BCUT2D eigenvalue weighted by atomic mass is 19.1. The molecule has 46 heavy (non-hydrogen) atoms. The van der Waals surface area contributed by atoms with Crippen LogP contribution in [0.2, 0.25) is 0 Å². The van der Waals surface area contributed by atoms with Gasteiger partial charge < -0.3 is 15.0 Å². The third kappa shape index (κ3) is 6.05. The summed E-state index contributed by atoms with van der Waals surface area (Å²) in [4.78, 5) is 31.8. The molecular formula is C35H35FN8O2. The second kappa shape index (κ2) is 12.0. The SMILES string of the molecule is CC(C)(C)C(=O)Nc1cncc(-c2cc3c(-c4cc5c(-c6cc(F)cc(OCCN7CCCC7)c6)ccnc5[nH]4)n[nH]c3cn2)c1. The molecule has 6 heterocycles. The molecule has 0 radical (unpaired) electrons. The quantitative estimate of drug-likeness (QED) is 0.171. The number of likely N-dealkylation sites (tertiary alicyclic amines) is 1. The first-order valence-electron chi connectivity index (χ1n) is 15.5. The van der Waals surface area contributed by atoms with Crippen LogP contribution in [0.15, 0.2) is 67.3 Å². The minimum Gasteiger partial charge on any atom is -0.492 e. The fraction of sp³-hybridized carbons (Fsp3) is 0.286. The largest absolute Gasteiger partial charge is 0.492 e. The van der Waals surface area contributed by atoms with Crippen LogP contribution in [0.3, 0.4) is 0 Å². The predicted molar refractivity (Wildman–Crippen MR) is 177 cm³/mol. The first kappa shape index (κ1) is 29.5. The number of ether oxygens (including phenoxy) is 1. The van der Waals surface area contributed by atoms with Crippen LogP contribution in [0.5, 0.6) is 5.75 Å². The molecule has 1 fully saturated rings. The Morgan fingerprint density at radius 2 is 1.85 bits per heavy atom. The first-order valence-corrected chi connectivity index (χ1v) is 15.5. The second-order valence-electron chi connectivity index (χ2n) is 12.7. The van der Waals surface area contributed by atoms with Gasteiger partial charge in [0.2, 0.25) is 5.91 Å². The molecule has 1 aliphatic rings. The van der Waals surface area contributed by atoms with Crippen molar-refractivity contribution in [3.05, 3.63) is 73.1 Å². The zero-order chi connectivity index (χ0) is 31.8. The number of hydrogen-bond acceptors (Lipinski definition) is 7. The van der Waals surface area contributed by atoms with E-state index in [9.17, 15) is 9.18 Å². The number of rotatable bonds is 8. The van der Waals surface area contributed by atoms with Crippen molar-refractivity contribution in [2.24, 2.45) is 5.41 Å². The molecule has 234 valence electrons. The minimum atomic E-state index is -0.537. The number of H-pyrrole nitrogens is 2. The number of aromatic nitrogens is 6. The topological polar surface area (TPSA) is 125 Å². The van der Waals surface area contributed by atoms with Crippen LogP contribution in [0.25, 0.3) is 55.7 Å². The molecule has 0 unspecified atom stereocenters. The van der Waals surface area contributed by atoms with Crippen molar-refractivity contribution in [3.8, 4) is 39.5 Å². The number of amides is 1. The number of anilines is 1. The van der Waals surface area contributed by atoms with Gasteiger partial charge in [0.1, 0.15) is 29.5 Å². The number of halogens is 1. The van der Waals surface area contributed by atoms with Gasteiger partial charge in [-0.1, -0.05) is 20.8 Å². The Hall–Kier alpha value is -5.16. The molecular weight excluding hydrogens is 583 g/mol. The maximum absolute atomic E-state index is 14.8. The summed E-state index contributed by atoms with van der Waals surface area (Å²) in [5, 5.41) is 12.3. The van der Waals surface area contributed by atoms with Crippen LogP contribution in [-0.4, -0.2) is 67.2 Å². The summed E-state index contributed by atoms with van der Waals surface area (Å²) in [6.45, 7) is 9.10. The van der Waals surface area contributed by atoms with Gasteiger partial charge in [-0.3, -0.25) is 24.8 Å². The average molecular weight is 619 g/mol. The summed E-state index contributed by atoms with van der Waals surface area (Å²) in [5.74, 6) is 0.0484. The van der Waals surface area contributed by atoms with Crippen molar-refractivity contribution in [2.75, 3.05) is 31.6 Å². The lowest BCUT2D eigenvalue weighted by atomic mass is 9.95. The molecule has 0 atom stereocenters. The third-order valence-corrected chi connectivity index (χ3v) is 8.26. The van der Waals surface area contributed by atoms with Gasteiger partial charge in [0.05, 0.1) is 35.0 Å².